The number of anilines is 1. The summed E-state index contributed by atoms with van der Waals surface area (Å²) in [4.78, 5) is 17.8. The minimum atomic E-state index is -0.181. The molecular formula is C32H25N3O3S. The van der Waals surface area contributed by atoms with Crippen LogP contribution in [0.3, 0.4) is 0 Å². The zero-order valence-electron chi connectivity index (χ0n) is 21.5. The molecule has 7 heteroatoms. The third-order valence-electron chi connectivity index (χ3n) is 6.27. The average molecular weight is 532 g/mol. The predicted molar refractivity (Wildman–Crippen MR) is 156 cm³/mol. The Labute approximate surface area is 231 Å². The number of rotatable bonds is 8. The molecule has 0 spiro atoms. The summed E-state index contributed by atoms with van der Waals surface area (Å²) in [5.41, 5.74) is 4.23. The van der Waals surface area contributed by atoms with Gasteiger partial charge in [-0.2, -0.15) is 5.26 Å². The van der Waals surface area contributed by atoms with Crippen molar-refractivity contribution in [2.24, 2.45) is 0 Å². The molecule has 39 heavy (non-hydrogen) atoms. The van der Waals surface area contributed by atoms with Gasteiger partial charge in [0.05, 0.1) is 31.2 Å². The zero-order valence-corrected chi connectivity index (χ0v) is 22.3. The highest BCUT2D eigenvalue weighted by molar-refractivity contribution is 8.00. The van der Waals surface area contributed by atoms with E-state index in [1.165, 1.54) is 11.8 Å². The van der Waals surface area contributed by atoms with Crippen LogP contribution in [0.25, 0.3) is 33.2 Å². The predicted octanol–water partition coefficient (Wildman–Crippen LogP) is 7.19. The number of nitrogens with one attached hydrogen (secondary N) is 1. The van der Waals surface area contributed by atoms with E-state index in [1.54, 1.807) is 14.2 Å². The van der Waals surface area contributed by atoms with Gasteiger partial charge in [0.15, 0.2) is 11.5 Å². The maximum Gasteiger partial charge on any atom is 0.234 e. The SMILES string of the molecule is COc1ccc(-c2cc(-c3ccccc3)nc(SCC(=O)Nc3cccc4ccccc34)c2C#N)cc1OC. The molecule has 192 valence electrons. The van der Waals surface area contributed by atoms with Crippen LogP contribution in [-0.2, 0) is 4.79 Å². The molecule has 4 aromatic carbocycles. The van der Waals surface area contributed by atoms with Crippen molar-refractivity contribution in [1.29, 1.82) is 5.26 Å². The number of amides is 1. The summed E-state index contributed by atoms with van der Waals surface area (Å²) in [6.45, 7) is 0. The number of methoxy groups -OCH3 is 2. The monoisotopic (exact) mass is 531 g/mol. The molecule has 0 saturated carbocycles. The number of carbonyl (C=O) groups excluding carboxylic acids is 1. The van der Waals surface area contributed by atoms with E-state index >= 15 is 0 Å². The van der Waals surface area contributed by atoms with Crippen molar-refractivity contribution in [3.8, 4) is 40.0 Å². The highest BCUT2D eigenvalue weighted by atomic mass is 32.2. The third-order valence-corrected chi connectivity index (χ3v) is 7.24. The van der Waals surface area contributed by atoms with Crippen molar-refractivity contribution < 1.29 is 14.3 Å². The molecule has 0 bridgehead atoms. The van der Waals surface area contributed by atoms with E-state index in [-0.39, 0.29) is 11.7 Å². The van der Waals surface area contributed by atoms with Gasteiger partial charge in [-0.1, -0.05) is 84.6 Å². The van der Waals surface area contributed by atoms with Crippen LogP contribution in [0.15, 0.2) is 102 Å². The van der Waals surface area contributed by atoms with Crippen LogP contribution >= 0.6 is 11.8 Å². The van der Waals surface area contributed by atoms with Crippen molar-refractivity contribution >= 4 is 34.1 Å². The fourth-order valence-corrected chi connectivity index (χ4v) is 5.18. The van der Waals surface area contributed by atoms with E-state index in [0.717, 1.165) is 27.6 Å². The number of nitrogens with zero attached hydrogens (tertiary/aromatic N) is 2. The summed E-state index contributed by atoms with van der Waals surface area (Å²) >= 11 is 1.24. The molecule has 0 atom stereocenters. The number of benzene rings is 4. The number of nitriles is 1. The van der Waals surface area contributed by atoms with Crippen LogP contribution in [-0.4, -0.2) is 30.9 Å². The van der Waals surface area contributed by atoms with Crippen molar-refractivity contribution in [2.45, 2.75) is 5.03 Å². The molecular weight excluding hydrogens is 506 g/mol. The first-order chi connectivity index (χ1) is 19.1. The summed E-state index contributed by atoms with van der Waals surface area (Å²) < 4.78 is 10.9. The highest BCUT2D eigenvalue weighted by Crippen LogP contribution is 2.38. The first kappa shape index (κ1) is 25.8. The van der Waals surface area contributed by atoms with E-state index in [0.29, 0.717) is 33.3 Å². The van der Waals surface area contributed by atoms with Gasteiger partial charge >= 0.3 is 0 Å². The van der Waals surface area contributed by atoms with Gasteiger partial charge in [-0.05, 0) is 35.2 Å². The van der Waals surface area contributed by atoms with E-state index in [2.05, 4.69) is 11.4 Å². The van der Waals surface area contributed by atoms with Crippen molar-refractivity contribution in [2.75, 3.05) is 25.3 Å². The number of pyridine rings is 1. The molecule has 1 heterocycles. The Kier molecular flexibility index (Phi) is 7.76. The summed E-state index contributed by atoms with van der Waals surface area (Å²) in [5.74, 6) is 1.06. The Bertz CT molecular complexity index is 1690. The van der Waals surface area contributed by atoms with Crippen LogP contribution < -0.4 is 14.8 Å². The van der Waals surface area contributed by atoms with Crippen LogP contribution in [0.5, 0.6) is 11.5 Å². The molecule has 1 amide bonds. The lowest BCUT2D eigenvalue weighted by Gasteiger charge is -2.14. The number of hydrogen-bond acceptors (Lipinski definition) is 6. The van der Waals surface area contributed by atoms with E-state index in [9.17, 15) is 10.1 Å². The molecule has 0 aliphatic rings. The molecule has 0 fully saturated rings. The van der Waals surface area contributed by atoms with Gasteiger partial charge in [-0.25, -0.2) is 4.98 Å². The summed E-state index contributed by atoms with van der Waals surface area (Å²) in [6, 6.07) is 33.2. The minimum absolute atomic E-state index is 0.0918. The number of aromatic nitrogens is 1. The Balaban J connectivity index is 1.50. The lowest BCUT2D eigenvalue weighted by Crippen LogP contribution is -2.14. The molecule has 0 saturated heterocycles. The van der Waals surface area contributed by atoms with Crippen LogP contribution in [0.1, 0.15) is 5.56 Å². The second-order valence-corrected chi connectivity index (χ2v) is 9.61. The molecule has 6 nitrogen and oxygen atoms in total. The fourth-order valence-electron chi connectivity index (χ4n) is 4.38. The maximum absolute atomic E-state index is 13.0. The zero-order chi connectivity index (χ0) is 27.2. The van der Waals surface area contributed by atoms with Crippen molar-refractivity contribution in [1.82, 2.24) is 4.98 Å². The topological polar surface area (TPSA) is 84.2 Å². The molecule has 5 aromatic rings. The number of ether oxygens (including phenoxy) is 2. The molecule has 0 aliphatic carbocycles. The summed E-state index contributed by atoms with van der Waals surface area (Å²) in [5, 5.41) is 15.7. The standard InChI is InChI=1S/C32H25N3O3S/c1-37-29-16-15-23(17-30(29)38-2)25-18-28(22-10-4-3-5-11-22)35-32(26(25)19-33)39-20-31(36)34-27-14-8-12-21-9-6-7-13-24(21)27/h3-18H,20H2,1-2H3,(H,34,36). The Morgan fingerprint density at radius 3 is 2.38 bits per heavy atom. The lowest BCUT2D eigenvalue weighted by molar-refractivity contribution is -0.113. The number of carbonyl (C=O) groups is 1. The normalized spacial score (nSPS) is 10.6. The highest BCUT2D eigenvalue weighted by Gasteiger charge is 2.18. The summed E-state index contributed by atoms with van der Waals surface area (Å²) in [7, 11) is 3.15. The van der Waals surface area contributed by atoms with Gasteiger partial charge < -0.3 is 14.8 Å². The molecule has 0 radical (unpaired) electrons. The Hall–Kier alpha value is -4.80. The minimum Gasteiger partial charge on any atom is -0.493 e. The number of hydrogen-bond donors (Lipinski definition) is 1. The van der Waals surface area contributed by atoms with Gasteiger partial charge in [-0.3, -0.25) is 4.79 Å². The number of thioether (sulfide) groups is 1. The quantitative estimate of drug-likeness (QED) is 0.213. The smallest absolute Gasteiger partial charge is 0.234 e. The average Bonchev–Trinajstić information content (AvgIpc) is 2.99. The number of fused-ring (bicyclic) bond motifs is 1. The second-order valence-electron chi connectivity index (χ2n) is 8.65. The largest absolute Gasteiger partial charge is 0.493 e. The van der Waals surface area contributed by atoms with E-state index < -0.39 is 0 Å². The van der Waals surface area contributed by atoms with E-state index in [4.69, 9.17) is 14.5 Å². The molecule has 0 unspecified atom stereocenters. The van der Waals surface area contributed by atoms with Crippen LogP contribution in [0, 0.1) is 11.3 Å². The maximum atomic E-state index is 13.0. The fraction of sp³-hybridized carbons (Fsp3) is 0.0938. The van der Waals surface area contributed by atoms with Gasteiger partial charge in [0.1, 0.15) is 11.1 Å². The molecule has 1 N–H and O–H groups in total. The lowest BCUT2D eigenvalue weighted by atomic mass is 9.99. The van der Waals surface area contributed by atoms with Gasteiger partial charge in [-0.15, -0.1) is 0 Å². The molecule has 5 rings (SSSR count). The van der Waals surface area contributed by atoms with Crippen molar-refractivity contribution in [3.05, 3.63) is 103 Å². The third kappa shape index (κ3) is 5.57. The van der Waals surface area contributed by atoms with Crippen LogP contribution in [0.4, 0.5) is 5.69 Å². The van der Waals surface area contributed by atoms with Gasteiger partial charge in [0.25, 0.3) is 0 Å². The van der Waals surface area contributed by atoms with Gasteiger partial charge in [0, 0.05) is 22.2 Å². The first-order valence-electron chi connectivity index (χ1n) is 12.2. The molecule has 0 aliphatic heterocycles. The molecule has 1 aromatic heterocycles. The van der Waals surface area contributed by atoms with Crippen molar-refractivity contribution in [3.63, 3.8) is 0 Å². The first-order valence-corrected chi connectivity index (χ1v) is 13.2. The Morgan fingerprint density at radius 1 is 0.872 bits per heavy atom. The van der Waals surface area contributed by atoms with E-state index in [1.807, 2.05) is 97.1 Å². The van der Waals surface area contributed by atoms with Crippen LogP contribution in [0.2, 0.25) is 0 Å². The summed E-state index contributed by atoms with van der Waals surface area (Å²) in [6.07, 6.45) is 0. The second kappa shape index (κ2) is 11.7. The van der Waals surface area contributed by atoms with Gasteiger partial charge in [0.2, 0.25) is 5.91 Å². The Morgan fingerprint density at radius 2 is 1.62 bits per heavy atom.